The monoisotopic (exact) mass is 360 g/mol. The number of carbonyl (C=O) groups excluding carboxylic acids is 1. The van der Waals surface area contributed by atoms with Crippen LogP contribution in [0, 0.1) is 0 Å². The fourth-order valence-corrected chi connectivity index (χ4v) is 3.07. The number of rotatable bonds is 7. The molecular weight excluding hydrogens is 340 g/mol. The third-order valence-electron chi connectivity index (χ3n) is 4.46. The Morgan fingerprint density at radius 3 is 2.78 bits per heavy atom. The number of hydrogen-bond donors (Lipinski definition) is 1. The molecule has 0 aliphatic heterocycles. The summed E-state index contributed by atoms with van der Waals surface area (Å²) in [5, 5.41) is 1.21. The zero-order valence-electron chi connectivity index (χ0n) is 14.9. The van der Waals surface area contributed by atoms with Crippen LogP contribution in [0.5, 0.6) is 0 Å². The molecule has 1 N–H and O–H groups in total. The molecule has 0 atom stereocenters. The average molecular weight is 360 g/mol. The predicted octanol–water partition coefficient (Wildman–Crippen LogP) is 4.89. The number of ether oxygens (including phenoxy) is 1. The van der Waals surface area contributed by atoms with Crippen LogP contribution in [-0.2, 0) is 22.6 Å². The van der Waals surface area contributed by atoms with Crippen LogP contribution in [0.4, 0.5) is 0 Å². The first-order valence-corrected chi connectivity index (χ1v) is 9.00. The number of benzene rings is 2. The molecule has 2 aromatic heterocycles. The molecule has 4 rings (SSSR count). The fourth-order valence-electron chi connectivity index (χ4n) is 3.07. The molecule has 2 aromatic carbocycles. The minimum absolute atomic E-state index is 0.127. The van der Waals surface area contributed by atoms with Gasteiger partial charge in [-0.2, -0.15) is 0 Å². The van der Waals surface area contributed by atoms with E-state index in [9.17, 15) is 4.79 Å². The van der Waals surface area contributed by atoms with E-state index in [1.807, 2.05) is 48.7 Å². The molecule has 136 valence electrons. The molecule has 0 aliphatic carbocycles. The van der Waals surface area contributed by atoms with Gasteiger partial charge in [-0.3, -0.25) is 4.79 Å². The highest BCUT2D eigenvalue weighted by atomic mass is 16.5. The van der Waals surface area contributed by atoms with Crippen molar-refractivity contribution >= 4 is 16.9 Å². The minimum atomic E-state index is -0.223. The Bertz CT molecular complexity index is 1030. The average Bonchev–Trinajstić information content (AvgIpc) is 3.35. The van der Waals surface area contributed by atoms with Gasteiger partial charge in [-0.1, -0.05) is 36.4 Å². The van der Waals surface area contributed by atoms with Gasteiger partial charge in [-0.05, 0) is 36.6 Å². The van der Waals surface area contributed by atoms with Crippen LogP contribution in [0.2, 0.25) is 0 Å². The van der Waals surface area contributed by atoms with Gasteiger partial charge in [-0.25, -0.2) is 4.98 Å². The second-order valence-corrected chi connectivity index (χ2v) is 6.38. The zero-order valence-corrected chi connectivity index (χ0v) is 14.9. The van der Waals surface area contributed by atoms with Gasteiger partial charge in [0.15, 0.2) is 0 Å². The van der Waals surface area contributed by atoms with E-state index < -0.39 is 0 Å². The topological polar surface area (TPSA) is 68.1 Å². The van der Waals surface area contributed by atoms with E-state index >= 15 is 0 Å². The highest BCUT2D eigenvalue weighted by Crippen LogP contribution is 2.20. The Balaban J connectivity index is 1.25. The van der Waals surface area contributed by atoms with Gasteiger partial charge >= 0.3 is 5.97 Å². The van der Waals surface area contributed by atoms with Gasteiger partial charge < -0.3 is 14.1 Å². The summed E-state index contributed by atoms with van der Waals surface area (Å²) in [6.45, 7) is 0.127. The van der Waals surface area contributed by atoms with Crippen LogP contribution in [-0.4, -0.2) is 15.9 Å². The van der Waals surface area contributed by atoms with Gasteiger partial charge in [0, 0.05) is 29.1 Å². The van der Waals surface area contributed by atoms with Crippen molar-refractivity contribution in [1.82, 2.24) is 9.97 Å². The highest BCUT2D eigenvalue weighted by Gasteiger charge is 2.10. The van der Waals surface area contributed by atoms with Crippen LogP contribution in [0.25, 0.3) is 22.4 Å². The number of aryl methyl sites for hydroxylation is 1. The van der Waals surface area contributed by atoms with Gasteiger partial charge in [-0.15, -0.1) is 0 Å². The summed E-state index contributed by atoms with van der Waals surface area (Å²) >= 11 is 0. The number of para-hydroxylation sites is 1. The molecule has 0 fully saturated rings. The Kier molecular flexibility index (Phi) is 5.01. The Morgan fingerprint density at radius 2 is 1.89 bits per heavy atom. The molecule has 5 nitrogen and oxygen atoms in total. The maximum atomic E-state index is 12.0. The number of oxazole rings is 1. The van der Waals surface area contributed by atoms with E-state index in [1.54, 1.807) is 0 Å². The van der Waals surface area contributed by atoms with Gasteiger partial charge in [0.05, 0.1) is 0 Å². The fraction of sp³-hybridized carbons (Fsp3) is 0.182. The maximum absolute atomic E-state index is 12.0. The van der Waals surface area contributed by atoms with Crippen molar-refractivity contribution in [3.05, 3.63) is 78.3 Å². The summed E-state index contributed by atoms with van der Waals surface area (Å²) in [5.41, 5.74) is 3.85. The molecule has 5 heteroatoms. The first-order chi connectivity index (χ1) is 13.3. The third kappa shape index (κ3) is 4.08. The molecule has 0 spiro atoms. The van der Waals surface area contributed by atoms with Crippen molar-refractivity contribution in [2.24, 2.45) is 0 Å². The summed E-state index contributed by atoms with van der Waals surface area (Å²) < 4.78 is 10.8. The number of fused-ring (bicyclic) bond motifs is 1. The molecule has 4 aromatic rings. The Morgan fingerprint density at radius 1 is 1.07 bits per heavy atom. The van der Waals surface area contributed by atoms with Crippen LogP contribution in [0.15, 0.2) is 71.5 Å². The molecule has 0 radical (unpaired) electrons. The van der Waals surface area contributed by atoms with E-state index in [0.29, 0.717) is 18.0 Å². The molecule has 0 aliphatic rings. The SMILES string of the molecule is O=C(CCCc1c[nH]c2ccccc12)OCc1coc(-c2ccccc2)n1. The van der Waals surface area contributed by atoms with Gasteiger partial charge in [0.25, 0.3) is 0 Å². The molecule has 0 unspecified atom stereocenters. The summed E-state index contributed by atoms with van der Waals surface area (Å²) in [6.07, 6.45) is 5.50. The second kappa shape index (κ2) is 7.91. The van der Waals surface area contributed by atoms with E-state index in [-0.39, 0.29) is 12.6 Å². The lowest BCUT2D eigenvalue weighted by molar-refractivity contribution is -0.145. The lowest BCUT2D eigenvalue weighted by Gasteiger charge is -2.02. The summed E-state index contributed by atoms with van der Waals surface area (Å²) in [5.74, 6) is 0.306. The van der Waals surface area contributed by atoms with E-state index in [0.717, 1.165) is 23.9 Å². The molecular formula is C22H20N2O3. The second-order valence-electron chi connectivity index (χ2n) is 6.38. The molecule has 2 heterocycles. The van der Waals surface area contributed by atoms with Crippen LogP contribution < -0.4 is 0 Å². The quantitative estimate of drug-likeness (QED) is 0.477. The molecule has 0 saturated carbocycles. The first kappa shape index (κ1) is 17.1. The number of nitrogens with zero attached hydrogens (tertiary/aromatic N) is 1. The Hall–Kier alpha value is -3.34. The molecule has 0 saturated heterocycles. The summed E-state index contributed by atoms with van der Waals surface area (Å²) in [4.78, 5) is 19.6. The number of aromatic amines is 1. The predicted molar refractivity (Wildman–Crippen MR) is 103 cm³/mol. The standard InChI is InChI=1S/C22H20N2O3/c25-21(12-6-9-17-13-23-20-11-5-4-10-19(17)20)26-14-18-15-27-22(24-18)16-7-2-1-3-8-16/h1-5,7-8,10-11,13,15,23H,6,9,12,14H2. The van der Waals surface area contributed by atoms with E-state index in [2.05, 4.69) is 22.1 Å². The Labute approximate surface area is 157 Å². The summed E-state index contributed by atoms with van der Waals surface area (Å²) in [6, 6.07) is 17.8. The van der Waals surface area contributed by atoms with Gasteiger partial charge in [0.1, 0.15) is 18.6 Å². The summed E-state index contributed by atoms with van der Waals surface area (Å²) in [7, 11) is 0. The van der Waals surface area contributed by atoms with Crippen molar-refractivity contribution in [2.75, 3.05) is 0 Å². The number of carbonyl (C=O) groups is 1. The van der Waals surface area contributed by atoms with E-state index in [1.165, 1.54) is 17.2 Å². The maximum Gasteiger partial charge on any atom is 0.306 e. The molecule has 0 bridgehead atoms. The largest absolute Gasteiger partial charge is 0.459 e. The zero-order chi connectivity index (χ0) is 18.5. The van der Waals surface area contributed by atoms with Crippen molar-refractivity contribution < 1.29 is 13.9 Å². The van der Waals surface area contributed by atoms with Crippen molar-refractivity contribution in [2.45, 2.75) is 25.9 Å². The van der Waals surface area contributed by atoms with Crippen molar-refractivity contribution in [3.8, 4) is 11.5 Å². The lowest BCUT2D eigenvalue weighted by atomic mass is 10.1. The first-order valence-electron chi connectivity index (χ1n) is 9.00. The number of H-pyrrole nitrogens is 1. The molecule has 0 amide bonds. The van der Waals surface area contributed by atoms with Crippen molar-refractivity contribution in [3.63, 3.8) is 0 Å². The number of hydrogen-bond acceptors (Lipinski definition) is 4. The van der Waals surface area contributed by atoms with Crippen LogP contribution in [0.3, 0.4) is 0 Å². The van der Waals surface area contributed by atoms with Crippen molar-refractivity contribution in [1.29, 1.82) is 0 Å². The smallest absolute Gasteiger partial charge is 0.306 e. The number of esters is 1. The number of aromatic nitrogens is 2. The van der Waals surface area contributed by atoms with Crippen LogP contribution in [0.1, 0.15) is 24.1 Å². The minimum Gasteiger partial charge on any atom is -0.459 e. The normalized spacial score (nSPS) is 11.0. The van der Waals surface area contributed by atoms with Crippen LogP contribution >= 0.6 is 0 Å². The lowest BCUT2D eigenvalue weighted by Crippen LogP contribution is -2.05. The molecule has 27 heavy (non-hydrogen) atoms. The van der Waals surface area contributed by atoms with Gasteiger partial charge in [0.2, 0.25) is 5.89 Å². The highest BCUT2D eigenvalue weighted by molar-refractivity contribution is 5.83. The third-order valence-corrected chi connectivity index (χ3v) is 4.46. The van der Waals surface area contributed by atoms with E-state index in [4.69, 9.17) is 9.15 Å². The number of nitrogens with one attached hydrogen (secondary N) is 1.